The van der Waals surface area contributed by atoms with Gasteiger partial charge in [0, 0.05) is 30.1 Å². The first-order valence-electron chi connectivity index (χ1n) is 11.5. The van der Waals surface area contributed by atoms with E-state index in [4.69, 9.17) is 4.74 Å². The average molecular weight is 461 g/mol. The molecule has 0 bridgehead atoms. The van der Waals surface area contributed by atoms with Gasteiger partial charge in [0.2, 0.25) is 5.88 Å². The maximum atomic E-state index is 12.8. The van der Waals surface area contributed by atoms with E-state index in [0.717, 1.165) is 39.8 Å². The van der Waals surface area contributed by atoms with Gasteiger partial charge in [0.25, 0.3) is 5.91 Å². The number of ether oxygens (including phenoxy) is 1. The number of aromatic nitrogens is 3. The molecule has 0 radical (unpaired) electrons. The quantitative estimate of drug-likeness (QED) is 0.309. The molecule has 6 nitrogen and oxygen atoms in total. The summed E-state index contributed by atoms with van der Waals surface area (Å²) in [6.07, 6.45) is 4.18. The lowest BCUT2D eigenvalue weighted by Crippen LogP contribution is -2.11. The molecule has 35 heavy (non-hydrogen) atoms. The highest BCUT2D eigenvalue weighted by Gasteiger charge is 2.13. The molecule has 5 rings (SSSR count). The molecule has 1 N–H and O–H groups in total. The smallest absolute Gasteiger partial charge is 0.255 e. The number of pyridine rings is 1. The fourth-order valence-corrected chi connectivity index (χ4v) is 3.87. The number of rotatable bonds is 6. The fraction of sp³-hybridized carbons (Fsp3) is 0.103. The van der Waals surface area contributed by atoms with Crippen LogP contribution in [0, 0.1) is 6.92 Å². The molecule has 1 amide bonds. The number of hydrogen-bond donors (Lipinski definition) is 1. The lowest BCUT2D eigenvalue weighted by Gasteiger charge is -2.13. The van der Waals surface area contributed by atoms with Crippen LogP contribution in [0.2, 0.25) is 0 Å². The van der Waals surface area contributed by atoms with Crippen molar-refractivity contribution in [2.45, 2.75) is 20.3 Å². The Bertz CT molecular complexity index is 1530. The van der Waals surface area contributed by atoms with E-state index in [1.54, 1.807) is 12.4 Å². The van der Waals surface area contributed by atoms with Crippen molar-refractivity contribution in [2.75, 3.05) is 5.32 Å². The number of nitrogens with one attached hydrogen (secondary N) is 1. The minimum atomic E-state index is -0.161. The van der Waals surface area contributed by atoms with E-state index in [9.17, 15) is 4.79 Å². The molecule has 0 fully saturated rings. The number of carbonyl (C=O) groups excluding carboxylic acids is 1. The third-order valence-electron chi connectivity index (χ3n) is 5.72. The number of carbonyl (C=O) groups is 1. The molecule has 172 valence electrons. The predicted octanol–water partition coefficient (Wildman–Crippen LogP) is 6.61. The Kier molecular flexibility index (Phi) is 6.18. The summed E-state index contributed by atoms with van der Waals surface area (Å²) in [6.45, 7) is 3.95. The Morgan fingerprint density at radius 1 is 0.886 bits per heavy atom. The maximum Gasteiger partial charge on any atom is 0.255 e. The van der Waals surface area contributed by atoms with E-state index < -0.39 is 0 Å². The van der Waals surface area contributed by atoms with Gasteiger partial charge in [-0.1, -0.05) is 37.3 Å². The normalized spacial score (nSPS) is 10.8. The van der Waals surface area contributed by atoms with E-state index in [0.29, 0.717) is 22.9 Å². The zero-order valence-corrected chi connectivity index (χ0v) is 19.5. The Morgan fingerprint density at radius 2 is 1.74 bits per heavy atom. The SMILES string of the molecule is CCc1nccc(-c2cccnc2Oc2ccc(NC(=O)c3ccc4ccccc4c3)cc2C)n1. The van der Waals surface area contributed by atoms with Gasteiger partial charge in [-0.25, -0.2) is 15.0 Å². The van der Waals surface area contributed by atoms with Crippen LogP contribution < -0.4 is 10.1 Å². The molecule has 0 saturated heterocycles. The first-order valence-corrected chi connectivity index (χ1v) is 11.5. The van der Waals surface area contributed by atoms with Gasteiger partial charge in [0.1, 0.15) is 11.6 Å². The molecule has 5 aromatic rings. The third kappa shape index (κ3) is 4.87. The molecule has 0 unspecified atom stereocenters. The van der Waals surface area contributed by atoms with Crippen LogP contribution in [0.1, 0.15) is 28.7 Å². The summed E-state index contributed by atoms with van der Waals surface area (Å²) < 4.78 is 6.18. The molecule has 0 spiro atoms. The Balaban J connectivity index is 1.36. The lowest BCUT2D eigenvalue weighted by atomic mass is 10.1. The van der Waals surface area contributed by atoms with Crippen LogP contribution in [0.5, 0.6) is 11.6 Å². The molecule has 0 saturated carbocycles. The van der Waals surface area contributed by atoms with Crippen molar-refractivity contribution in [3.05, 3.63) is 108 Å². The number of aryl methyl sites for hydroxylation is 2. The molecule has 6 heteroatoms. The van der Waals surface area contributed by atoms with Crippen LogP contribution in [0.25, 0.3) is 22.0 Å². The number of amides is 1. The Labute approximate surface area is 203 Å². The van der Waals surface area contributed by atoms with Gasteiger partial charge in [0.15, 0.2) is 0 Å². The molecular weight excluding hydrogens is 436 g/mol. The van der Waals surface area contributed by atoms with Gasteiger partial charge in [-0.2, -0.15) is 0 Å². The predicted molar refractivity (Wildman–Crippen MR) is 138 cm³/mol. The molecule has 0 aliphatic carbocycles. The second-order valence-corrected chi connectivity index (χ2v) is 8.17. The van der Waals surface area contributed by atoms with Crippen LogP contribution in [0.4, 0.5) is 5.69 Å². The van der Waals surface area contributed by atoms with Crippen molar-refractivity contribution in [3.63, 3.8) is 0 Å². The van der Waals surface area contributed by atoms with Crippen LogP contribution in [0.3, 0.4) is 0 Å². The summed E-state index contributed by atoms with van der Waals surface area (Å²) in [5.74, 6) is 1.72. The van der Waals surface area contributed by atoms with Crippen molar-refractivity contribution in [2.24, 2.45) is 0 Å². The Hall–Kier alpha value is -4.58. The van der Waals surface area contributed by atoms with E-state index >= 15 is 0 Å². The first-order chi connectivity index (χ1) is 17.1. The second kappa shape index (κ2) is 9.73. The summed E-state index contributed by atoms with van der Waals surface area (Å²) in [7, 11) is 0. The van der Waals surface area contributed by atoms with Crippen molar-refractivity contribution < 1.29 is 9.53 Å². The average Bonchev–Trinajstić information content (AvgIpc) is 2.90. The minimum Gasteiger partial charge on any atom is -0.438 e. The van der Waals surface area contributed by atoms with E-state index in [-0.39, 0.29) is 5.91 Å². The number of fused-ring (bicyclic) bond motifs is 1. The molecule has 2 aromatic heterocycles. The van der Waals surface area contributed by atoms with Crippen molar-refractivity contribution in [1.29, 1.82) is 0 Å². The molecule has 0 aliphatic rings. The van der Waals surface area contributed by atoms with Crippen molar-refractivity contribution in [3.8, 4) is 22.9 Å². The van der Waals surface area contributed by atoms with Gasteiger partial charge in [-0.3, -0.25) is 4.79 Å². The molecule has 3 aromatic carbocycles. The van der Waals surface area contributed by atoms with Gasteiger partial charge < -0.3 is 10.1 Å². The number of anilines is 1. The summed E-state index contributed by atoms with van der Waals surface area (Å²) in [4.78, 5) is 26.1. The molecule has 2 heterocycles. The van der Waals surface area contributed by atoms with Gasteiger partial charge in [-0.05, 0) is 71.8 Å². The lowest BCUT2D eigenvalue weighted by molar-refractivity contribution is 0.102. The van der Waals surface area contributed by atoms with Gasteiger partial charge in [-0.15, -0.1) is 0 Å². The summed E-state index contributed by atoms with van der Waals surface area (Å²) in [6, 6.07) is 24.8. The highest BCUT2D eigenvalue weighted by atomic mass is 16.5. The minimum absolute atomic E-state index is 0.161. The Morgan fingerprint density at radius 3 is 2.57 bits per heavy atom. The fourth-order valence-electron chi connectivity index (χ4n) is 3.87. The van der Waals surface area contributed by atoms with Crippen LogP contribution >= 0.6 is 0 Å². The topological polar surface area (TPSA) is 77.0 Å². The highest BCUT2D eigenvalue weighted by Crippen LogP contribution is 2.32. The van der Waals surface area contributed by atoms with Crippen molar-refractivity contribution in [1.82, 2.24) is 15.0 Å². The van der Waals surface area contributed by atoms with Crippen molar-refractivity contribution >= 4 is 22.4 Å². The zero-order chi connectivity index (χ0) is 24.2. The number of nitrogens with zero attached hydrogens (tertiary/aromatic N) is 3. The van der Waals surface area contributed by atoms with E-state index in [1.807, 2.05) is 92.7 Å². The van der Waals surface area contributed by atoms with Crippen LogP contribution in [-0.2, 0) is 6.42 Å². The summed E-state index contributed by atoms with van der Waals surface area (Å²) in [5.41, 5.74) is 3.72. The van der Waals surface area contributed by atoms with Gasteiger partial charge in [0.05, 0.1) is 11.3 Å². The third-order valence-corrected chi connectivity index (χ3v) is 5.72. The van der Waals surface area contributed by atoms with Crippen LogP contribution in [-0.4, -0.2) is 20.9 Å². The molecule has 0 aliphatic heterocycles. The second-order valence-electron chi connectivity index (χ2n) is 8.17. The van der Waals surface area contributed by atoms with E-state index in [2.05, 4.69) is 20.3 Å². The zero-order valence-electron chi connectivity index (χ0n) is 19.5. The largest absolute Gasteiger partial charge is 0.438 e. The highest BCUT2D eigenvalue weighted by molar-refractivity contribution is 6.06. The first kappa shape index (κ1) is 22.2. The molecular formula is C29H24N4O2. The van der Waals surface area contributed by atoms with Crippen LogP contribution in [0.15, 0.2) is 91.3 Å². The van der Waals surface area contributed by atoms with Gasteiger partial charge >= 0.3 is 0 Å². The van der Waals surface area contributed by atoms with E-state index in [1.165, 1.54) is 0 Å². The number of benzene rings is 3. The number of hydrogen-bond acceptors (Lipinski definition) is 5. The molecule has 0 atom stereocenters. The standard InChI is InChI=1S/C29H24N4O2/c1-3-27-30-16-14-25(33-27)24-9-6-15-31-29(24)35-26-13-12-23(17-19(26)2)32-28(34)22-11-10-20-7-4-5-8-21(20)18-22/h4-18H,3H2,1-2H3,(H,32,34). The monoisotopic (exact) mass is 460 g/mol. The maximum absolute atomic E-state index is 12.8. The summed E-state index contributed by atoms with van der Waals surface area (Å²) >= 11 is 0. The summed E-state index contributed by atoms with van der Waals surface area (Å²) in [5, 5.41) is 5.11.